The molecule has 22 heavy (non-hydrogen) atoms. The second kappa shape index (κ2) is 7.12. The van der Waals surface area contributed by atoms with Crippen molar-refractivity contribution in [1.29, 1.82) is 0 Å². The maximum absolute atomic E-state index is 11.1. The normalized spacial score (nSPS) is 26.0. The number of rotatable bonds is 5. The van der Waals surface area contributed by atoms with Crippen LogP contribution in [0.15, 0.2) is 18.5 Å². The van der Waals surface area contributed by atoms with Crippen LogP contribution in [0.25, 0.3) is 0 Å². The van der Waals surface area contributed by atoms with Gasteiger partial charge in [-0.25, -0.2) is 0 Å². The lowest BCUT2D eigenvalue weighted by Gasteiger charge is -2.21. The molecule has 2 aliphatic rings. The summed E-state index contributed by atoms with van der Waals surface area (Å²) in [5.41, 5.74) is 1.13. The number of carboxylic acid groups (broad SMARTS) is 1. The molecule has 3 rings (SSSR count). The Hall–Kier alpha value is -1.58. The Morgan fingerprint density at radius 2 is 2.00 bits per heavy atom. The Morgan fingerprint density at radius 1 is 1.18 bits per heavy atom. The molecule has 2 atom stereocenters. The standard InChI is InChI=1S/C18H25NO3/c20-18(21)15-7-6-14(8-15)16-9-17(11-19-10-16)22-12-13-4-2-1-3-5-13/h9-11,13-15H,1-8,12H2,(H,20,21). The Bertz CT molecular complexity index is 511. The number of ether oxygens (including phenoxy) is 1. The fourth-order valence-electron chi connectivity index (χ4n) is 3.81. The van der Waals surface area contributed by atoms with E-state index in [9.17, 15) is 4.79 Å². The van der Waals surface area contributed by atoms with Gasteiger partial charge < -0.3 is 9.84 Å². The van der Waals surface area contributed by atoms with Gasteiger partial charge in [-0.2, -0.15) is 0 Å². The highest BCUT2D eigenvalue weighted by molar-refractivity contribution is 5.70. The second-order valence-corrected chi connectivity index (χ2v) is 6.81. The Labute approximate surface area is 131 Å². The van der Waals surface area contributed by atoms with Crippen molar-refractivity contribution in [3.05, 3.63) is 24.0 Å². The molecule has 2 unspecified atom stereocenters. The van der Waals surface area contributed by atoms with Gasteiger partial charge in [-0.05, 0) is 55.6 Å². The number of hydrogen-bond acceptors (Lipinski definition) is 3. The Kier molecular flexibility index (Phi) is 4.96. The van der Waals surface area contributed by atoms with Crippen LogP contribution in [0.3, 0.4) is 0 Å². The number of hydrogen-bond donors (Lipinski definition) is 1. The molecule has 2 aliphatic carbocycles. The summed E-state index contributed by atoms with van der Waals surface area (Å²) in [7, 11) is 0. The molecular formula is C18H25NO3. The molecule has 1 aromatic heterocycles. The van der Waals surface area contributed by atoms with E-state index >= 15 is 0 Å². The zero-order chi connectivity index (χ0) is 15.4. The molecular weight excluding hydrogens is 278 g/mol. The monoisotopic (exact) mass is 303 g/mol. The lowest BCUT2D eigenvalue weighted by molar-refractivity contribution is -0.141. The van der Waals surface area contributed by atoms with Gasteiger partial charge in [0.15, 0.2) is 0 Å². The van der Waals surface area contributed by atoms with Gasteiger partial charge in [-0.3, -0.25) is 9.78 Å². The van der Waals surface area contributed by atoms with E-state index in [1.54, 1.807) is 6.20 Å². The molecule has 4 heteroatoms. The Balaban J connectivity index is 1.57. The molecule has 0 saturated heterocycles. The van der Waals surface area contributed by atoms with Crippen molar-refractivity contribution in [2.45, 2.75) is 57.3 Å². The number of pyridine rings is 1. The number of aromatic nitrogens is 1. The lowest BCUT2D eigenvalue weighted by Crippen LogP contribution is -2.15. The van der Waals surface area contributed by atoms with Crippen LogP contribution in [0.2, 0.25) is 0 Å². The van der Waals surface area contributed by atoms with Gasteiger partial charge >= 0.3 is 5.97 Å². The first-order valence-corrected chi connectivity index (χ1v) is 8.53. The predicted octanol–water partition coefficient (Wildman–Crippen LogP) is 4.01. The summed E-state index contributed by atoms with van der Waals surface area (Å²) in [5, 5.41) is 9.12. The van der Waals surface area contributed by atoms with E-state index < -0.39 is 5.97 Å². The molecule has 0 radical (unpaired) electrons. The zero-order valence-corrected chi connectivity index (χ0v) is 13.0. The predicted molar refractivity (Wildman–Crippen MR) is 84.0 cm³/mol. The van der Waals surface area contributed by atoms with E-state index in [0.29, 0.717) is 11.8 Å². The lowest BCUT2D eigenvalue weighted by atomic mass is 9.90. The molecule has 1 N–H and O–H groups in total. The summed E-state index contributed by atoms with van der Waals surface area (Å²) in [5.74, 6) is 0.964. The number of nitrogens with zero attached hydrogens (tertiary/aromatic N) is 1. The highest BCUT2D eigenvalue weighted by Crippen LogP contribution is 2.39. The number of carbonyl (C=O) groups is 1. The maximum atomic E-state index is 11.1. The van der Waals surface area contributed by atoms with E-state index in [1.165, 1.54) is 32.1 Å². The van der Waals surface area contributed by atoms with Crippen molar-refractivity contribution in [3.8, 4) is 5.75 Å². The molecule has 120 valence electrons. The van der Waals surface area contributed by atoms with Crippen molar-refractivity contribution < 1.29 is 14.6 Å². The molecule has 0 spiro atoms. The number of aliphatic carboxylic acids is 1. The molecule has 2 saturated carbocycles. The molecule has 4 nitrogen and oxygen atoms in total. The Morgan fingerprint density at radius 3 is 2.73 bits per heavy atom. The van der Waals surface area contributed by atoms with E-state index in [0.717, 1.165) is 37.2 Å². The summed E-state index contributed by atoms with van der Waals surface area (Å²) < 4.78 is 5.94. The largest absolute Gasteiger partial charge is 0.492 e. The van der Waals surface area contributed by atoms with Crippen LogP contribution in [0.5, 0.6) is 5.75 Å². The topological polar surface area (TPSA) is 59.4 Å². The highest BCUT2D eigenvalue weighted by Gasteiger charge is 2.30. The van der Waals surface area contributed by atoms with Crippen LogP contribution in [0.4, 0.5) is 0 Å². The van der Waals surface area contributed by atoms with Gasteiger partial charge in [0.1, 0.15) is 5.75 Å². The summed E-state index contributed by atoms with van der Waals surface area (Å²) in [4.78, 5) is 15.4. The van der Waals surface area contributed by atoms with Crippen molar-refractivity contribution in [3.63, 3.8) is 0 Å². The van der Waals surface area contributed by atoms with Crippen LogP contribution in [0, 0.1) is 11.8 Å². The minimum atomic E-state index is -0.667. The summed E-state index contributed by atoms with van der Waals surface area (Å²) in [6.45, 7) is 0.785. The SMILES string of the molecule is O=C(O)C1CCC(c2cncc(OCC3CCCCC3)c2)C1. The molecule has 0 aliphatic heterocycles. The highest BCUT2D eigenvalue weighted by atomic mass is 16.5. The molecule has 2 fully saturated rings. The van der Waals surface area contributed by atoms with Crippen LogP contribution in [0.1, 0.15) is 62.8 Å². The van der Waals surface area contributed by atoms with Gasteiger partial charge in [0.2, 0.25) is 0 Å². The molecule has 0 amide bonds. The molecule has 1 heterocycles. The third-order valence-corrected chi connectivity index (χ3v) is 5.20. The summed E-state index contributed by atoms with van der Waals surface area (Å²) >= 11 is 0. The van der Waals surface area contributed by atoms with Crippen LogP contribution in [-0.4, -0.2) is 22.7 Å². The third-order valence-electron chi connectivity index (χ3n) is 5.20. The fraction of sp³-hybridized carbons (Fsp3) is 0.667. The second-order valence-electron chi connectivity index (χ2n) is 6.81. The summed E-state index contributed by atoms with van der Waals surface area (Å²) in [6.07, 6.45) is 12.6. The van der Waals surface area contributed by atoms with Crippen LogP contribution in [-0.2, 0) is 4.79 Å². The zero-order valence-electron chi connectivity index (χ0n) is 13.0. The molecule has 0 aromatic carbocycles. The first-order valence-electron chi connectivity index (χ1n) is 8.53. The van der Waals surface area contributed by atoms with E-state index in [2.05, 4.69) is 11.1 Å². The van der Waals surface area contributed by atoms with Crippen molar-refractivity contribution in [2.24, 2.45) is 11.8 Å². The van der Waals surface area contributed by atoms with E-state index in [-0.39, 0.29) is 5.92 Å². The molecule has 0 bridgehead atoms. The van der Waals surface area contributed by atoms with Gasteiger partial charge in [-0.1, -0.05) is 19.3 Å². The fourth-order valence-corrected chi connectivity index (χ4v) is 3.81. The number of carboxylic acids is 1. The molecule has 1 aromatic rings. The van der Waals surface area contributed by atoms with Gasteiger partial charge in [0.25, 0.3) is 0 Å². The average Bonchev–Trinajstić information content (AvgIpc) is 3.05. The smallest absolute Gasteiger partial charge is 0.306 e. The summed E-state index contributed by atoms with van der Waals surface area (Å²) in [6, 6.07) is 2.06. The van der Waals surface area contributed by atoms with E-state index in [1.807, 2.05) is 6.20 Å². The van der Waals surface area contributed by atoms with Gasteiger partial charge in [-0.15, -0.1) is 0 Å². The minimum Gasteiger partial charge on any atom is -0.492 e. The average molecular weight is 303 g/mol. The maximum Gasteiger partial charge on any atom is 0.306 e. The van der Waals surface area contributed by atoms with Gasteiger partial charge in [0.05, 0.1) is 18.7 Å². The third kappa shape index (κ3) is 3.79. The minimum absolute atomic E-state index is 0.197. The van der Waals surface area contributed by atoms with Crippen LogP contribution >= 0.6 is 0 Å². The van der Waals surface area contributed by atoms with Crippen molar-refractivity contribution in [1.82, 2.24) is 4.98 Å². The van der Waals surface area contributed by atoms with E-state index in [4.69, 9.17) is 9.84 Å². The van der Waals surface area contributed by atoms with Gasteiger partial charge in [0, 0.05) is 6.20 Å². The van der Waals surface area contributed by atoms with Crippen LogP contribution < -0.4 is 4.74 Å². The van der Waals surface area contributed by atoms with Crippen molar-refractivity contribution >= 4 is 5.97 Å². The quantitative estimate of drug-likeness (QED) is 0.893. The first kappa shape index (κ1) is 15.3. The first-order chi connectivity index (χ1) is 10.7. The van der Waals surface area contributed by atoms with Crippen molar-refractivity contribution in [2.75, 3.05) is 6.61 Å².